The summed E-state index contributed by atoms with van der Waals surface area (Å²) in [6.45, 7) is 0. The molecule has 0 fully saturated rings. The first-order valence-corrected chi connectivity index (χ1v) is 7.82. The maximum Gasteiger partial charge on any atom is 0.244 e. The van der Waals surface area contributed by atoms with Gasteiger partial charge in [-0.25, -0.2) is 5.43 Å². The van der Waals surface area contributed by atoms with Crippen LogP contribution in [0.2, 0.25) is 0 Å². The molecule has 114 valence electrons. The van der Waals surface area contributed by atoms with Crippen molar-refractivity contribution < 1.29 is 15.0 Å². The van der Waals surface area contributed by atoms with Gasteiger partial charge in [-0.1, -0.05) is 12.1 Å². The quantitative estimate of drug-likeness (QED) is 0.517. The molecule has 1 amide bonds. The molecule has 0 unspecified atom stereocenters. The fraction of sp³-hybridized carbons (Fsp3) is 0.0667. The van der Waals surface area contributed by atoms with Crippen molar-refractivity contribution in [2.45, 2.75) is 6.42 Å². The first-order chi connectivity index (χ1) is 10.5. The van der Waals surface area contributed by atoms with E-state index >= 15 is 0 Å². The summed E-state index contributed by atoms with van der Waals surface area (Å²) in [5.74, 6) is -0.00183. The third kappa shape index (κ3) is 4.57. The number of aromatic hydroxyl groups is 2. The Morgan fingerprint density at radius 1 is 1.14 bits per heavy atom. The number of carbonyl (C=O) groups excluding carboxylic acids is 1. The maximum atomic E-state index is 11.7. The average Bonchev–Trinajstić information content (AvgIpc) is 2.47. The van der Waals surface area contributed by atoms with Gasteiger partial charge in [-0.3, -0.25) is 4.79 Å². The average molecular weight is 428 g/mol. The van der Waals surface area contributed by atoms with Gasteiger partial charge in [0.25, 0.3) is 0 Å². The highest BCUT2D eigenvalue weighted by atomic mass is 79.9. The molecule has 22 heavy (non-hydrogen) atoms. The summed E-state index contributed by atoms with van der Waals surface area (Å²) < 4.78 is 1.05. The Labute approximate surface area is 143 Å². The smallest absolute Gasteiger partial charge is 0.244 e. The third-order valence-corrected chi connectivity index (χ3v) is 3.95. The number of nitrogens with one attached hydrogen (secondary N) is 1. The van der Waals surface area contributed by atoms with Crippen molar-refractivity contribution in [1.29, 1.82) is 0 Å². The van der Waals surface area contributed by atoms with Crippen LogP contribution in [0, 0.1) is 0 Å². The van der Waals surface area contributed by atoms with Crippen molar-refractivity contribution in [1.82, 2.24) is 5.43 Å². The molecule has 0 aliphatic carbocycles. The number of carbonyl (C=O) groups is 1. The molecule has 7 heteroatoms. The van der Waals surface area contributed by atoms with Gasteiger partial charge in [-0.15, -0.1) is 0 Å². The van der Waals surface area contributed by atoms with E-state index in [4.69, 9.17) is 0 Å². The Morgan fingerprint density at radius 3 is 2.32 bits per heavy atom. The van der Waals surface area contributed by atoms with Gasteiger partial charge in [-0.05, 0) is 67.3 Å². The zero-order valence-corrected chi connectivity index (χ0v) is 14.4. The van der Waals surface area contributed by atoms with Crippen LogP contribution in [0.1, 0.15) is 11.1 Å². The largest absolute Gasteiger partial charge is 0.508 e. The minimum absolute atomic E-state index is 0.105. The summed E-state index contributed by atoms with van der Waals surface area (Å²) in [4.78, 5) is 11.7. The molecule has 0 heterocycles. The Morgan fingerprint density at radius 2 is 1.73 bits per heavy atom. The first kappa shape index (κ1) is 16.5. The maximum absolute atomic E-state index is 11.7. The van der Waals surface area contributed by atoms with Crippen LogP contribution < -0.4 is 5.43 Å². The summed E-state index contributed by atoms with van der Waals surface area (Å²) in [7, 11) is 0. The molecule has 2 aromatic carbocycles. The van der Waals surface area contributed by atoms with E-state index in [1.54, 1.807) is 24.3 Å². The van der Waals surface area contributed by atoms with E-state index in [9.17, 15) is 15.0 Å². The van der Waals surface area contributed by atoms with E-state index in [0.29, 0.717) is 14.5 Å². The predicted molar refractivity (Wildman–Crippen MR) is 91.1 cm³/mol. The monoisotopic (exact) mass is 426 g/mol. The third-order valence-electron chi connectivity index (χ3n) is 2.74. The number of phenols is 2. The first-order valence-electron chi connectivity index (χ1n) is 6.23. The van der Waals surface area contributed by atoms with E-state index in [2.05, 4.69) is 42.4 Å². The number of hydrazone groups is 1. The second kappa shape index (κ2) is 7.42. The lowest BCUT2D eigenvalue weighted by molar-refractivity contribution is -0.120. The normalized spacial score (nSPS) is 10.8. The Hall–Kier alpha value is -1.86. The molecule has 0 aliphatic rings. The molecule has 0 saturated heterocycles. The zero-order chi connectivity index (χ0) is 16.1. The second-order valence-electron chi connectivity index (χ2n) is 4.47. The van der Waals surface area contributed by atoms with Gasteiger partial charge in [0.15, 0.2) is 0 Å². The number of hydrogen-bond acceptors (Lipinski definition) is 4. The molecule has 0 saturated carbocycles. The zero-order valence-electron chi connectivity index (χ0n) is 11.3. The van der Waals surface area contributed by atoms with E-state index in [-0.39, 0.29) is 23.8 Å². The van der Waals surface area contributed by atoms with Gasteiger partial charge < -0.3 is 10.2 Å². The highest BCUT2D eigenvalue weighted by Gasteiger charge is 2.05. The van der Waals surface area contributed by atoms with Crippen LogP contribution in [-0.4, -0.2) is 22.3 Å². The number of phenolic OH excluding ortho intramolecular Hbond substituents is 2. The van der Waals surface area contributed by atoms with Crippen molar-refractivity contribution in [3.63, 3.8) is 0 Å². The number of rotatable bonds is 4. The molecule has 0 spiro atoms. The minimum atomic E-state index is -0.265. The van der Waals surface area contributed by atoms with Crippen molar-refractivity contribution >= 4 is 44.0 Å². The topological polar surface area (TPSA) is 81.9 Å². The number of hydrogen-bond donors (Lipinski definition) is 3. The fourth-order valence-electron chi connectivity index (χ4n) is 1.68. The van der Waals surface area contributed by atoms with Gasteiger partial charge in [0.05, 0.1) is 21.6 Å². The number of benzene rings is 2. The van der Waals surface area contributed by atoms with Crippen LogP contribution in [0.25, 0.3) is 0 Å². The summed E-state index contributed by atoms with van der Waals surface area (Å²) in [5, 5.41) is 22.6. The van der Waals surface area contributed by atoms with Crippen molar-refractivity contribution in [3.8, 4) is 11.5 Å². The van der Waals surface area contributed by atoms with Crippen molar-refractivity contribution in [3.05, 3.63) is 56.5 Å². The van der Waals surface area contributed by atoms with Gasteiger partial charge in [-0.2, -0.15) is 5.10 Å². The summed E-state index contributed by atoms with van der Waals surface area (Å²) in [5.41, 5.74) is 3.91. The molecule has 3 N–H and O–H groups in total. The van der Waals surface area contributed by atoms with Gasteiger partial charge in [0.2, 0.25) is 5.91 Å². The number of amides is 1. The predicted octanol–water partition coefficient (Wildman–Crippen LogP) is 3.32. The van der Waals surface area contributed by atoms with Gasteiger partial charge in [0.1, 0.15) is 11.5 Å². The lowest BCUT2D eigenvalue weighted by atomic mass is 10.1. The van der Waals surface area contributed by atoms with Crippen LogP contribution in [0.4, 0.5) is 0 Å². The van der Waals surface area contributed by atoms with Crippen molar-refractivity contribution in [2.75, 3.05) is 0 Å². The lowest BCUT2D eigenvalue weighted by Crippen LogP contribution is -2.19. The lowest BCUT2D eigenvalue weighted by Gasteiger charge is -2.03. The van der Waals surface area contributed by atoms with Crippen LogP contribution in [0.3, 0.4) is 0 Å². The van der Waals surface area contributed by atoms with Crippen LogP contribution >= 0.6 is 31.9 Å². The molecular weight excluding hydrogens is 416 g/mol. The molecule has 0 radical (unpaired) electrons. The van der Waals surface area contributed by atoms with Crippen LogP contribution in [0.15, 0.2) is 50.4 Å². The molecule has 5 nitrogen and oxygen atoms in total. The molecular formula is C15H12Br2N2O3. The molecule has 0 bridgehead atoms. The molecule has 2 rings (SSSR count). The summed E-state index contributed by atoms with van der Waals surface area (Å²) >= 11 is 6.44. The second-order valence-corrected chi connectivity index (χ2v) is 6.18. The molecule has 0 aliphatic heterocycles. The van der Waals surface area contributed by atoms with E-state index in [0.717, 1.165) is 5.56 Å². The Bertz CT molecular complexity index is 692. The van der Waals surface area contributed by atoms with E-state index in [1.165, 1.54) is 18.3 Å². The molecule has 0 atom stereocenters. The summed E-state index contributed by atoms with van der Waals surface area (Å²) in [6, 6.07) is 9.75. The SMILES string of the molecule is O=C(Cc1ccc(O)cc1)N/N=C\c1cc(Br)c(O)c(Br)c1. The summed E-state index contributed by atoms with van der Waals surface area (Å²) in [6.07, 6.45) is 1.64. The van der Waals surface area contributed by atoms with Crippen LogP contribution in [0.5, 0.6) is 11.5 Å². The van der Waals surface area contributed by atoms with E-state index in [1.807, 2.05) is 0 Å². The molecule has 2 aromatic rings. The van der Waals surface area contributed by atoms with Crippen LogP contribution in [-0.2, 0) is 11.2 Å². The standard InChI is InChI=1S/C15H12Br2N2O3/c16-12-5-10(6-13(17)15(12)22)8-18-19-14(21)7-9-1-3-11(20)4-2-9/h1-6,8,20,22H,7H2,(H,19,21)/b18-8-. The highest BCUT2D eigenvalue weighted by Crippen LogP contribution is 2.32. The fourth-order valence-corrected chi connectivity index (χ4v) is 2.90. The molecule has 0 aromatic heterocycles. The Kier molecular flexibility index (Phi) is 5.57. The number of halogens is 2. The van der Waals surface area contributed by atoms with Crippen molar-refractivity contribution in [2.24, 2.45) is 5.10 Å². The number of nitrogens with zero attached hydrogens (tertiary/aromatic N) is 1. The Balaban J connectivity index is 1.94. The highest BCUT2D eigenvalue weighted by molar-refractivity contribution is 9.11. The van der Waals surface area contributed by atoms with Gasteiger partial charge in [0, 0.05) is 0 Å². The van der Waals surface area contributed by atoms with Gasteiger partial charge >= 0.3 is 0 Å². The van der Waals surface area contributed by atoms with E-state index < -0.39 is 0 Å². The minimum Gasteiger partial charge on any atom is -0.508 e.